The van der Waals surface area contributed by atoms with Crippen LogP contribution in [0.2, 0.25) is 0 Å². The maximum absolute atomic E-state index is 5.70. The van der Waals surface area contributed by atoms with E-state index in [1.165, 1.54) is 30.8 Å². The predicted octanol–water partition coefficient (Wildman–Crippen LogP) is 2.92. The topological polar surface area (TPSA) is 21.3 Å². The molecule has 0 aromatic carbocycles. The van der Waals surface area contributed by atoms with Crippen LogP contribution in [0, 0.1) is 5.92 Å². The summed E-state index contributed by atoms with van der Waals surface area (Å²) < 4.78 is 5.70. The lowest BCUT2D eigenvalue weighted by molar-refractivity contribution is 0.0160. The lowest BCUT2D eigenvalue weighted by Gasteiger charge is -2.24. The molecule has 0 saturated carbocycles. The first-order valence-electron chi connectivity index (χ1n) is 6.61. The van der Waals surface area contributed by atoms with Gasteiger partial charge in [0.1, 0.15) is 0 Å². The molecule has 0 radical (unpaired) electrons. The molecule has 0 bridgehead atoms. The molecule has 16 heavy (non-hydrogen) atoms. The second-order valence-corrected chi connectivity index (χ2v) is 6.30. The van der Waals surface area contributed by atoms with Crippen LogP contribution in [-0.4, -0.2) is 36.8 Å². The third kappa shape index (κ3) is 6.77. The summed E-state index contributed by atoms with van der Waals surface area (Å²) in [4.78, 5) is 0. The van der Waals surface area contributed by atoms with Crippen LogP contribution in [0.4, 0.5) is 0 Å². The normalized spacial score (nSPS) is 23.6. The van der Waals surface area contributed by atoms with Crippen molar-refractivity contribution >= 4 is 11.8 Å². The van der Waals surface area contributed by atoms with E-state index in [0.29, 0.717) is 12.1 Å². The number of hydrogen-bond donors (Lipinski definition) is 1. The van der Waals surface area contributed by atoms with Gasteiger partial charge >= 0.3 is 0 Å². The molecule has 0 spiro atoms. The van der Waals surface area contributed by atoms with Gasteiger partial charge in [0.15, 0.2) is 0 Å². The average Bonchev–Trinajstić information content (AvgIpc) is 2.27. The Labute approximate surface area is 105 Å². The molecule has 0 aliphatic carbocycles. The lowest BCUT2D eigenvalue weighted by atomic mass is 10.1. The molecular weight excluding hydrogens is 218 g/mol. The van der Waals surface area contributed by atoms with Crippen LogP contribution in [0.5, 0.6) is 0 Å². The zero-order valence-electron chi connectivity index (χ0n) is 11.0. The Morgan fingerprint density at radius 3 is 2.69 bits per heavy atom. The molecule has 2 atom stereocenters. The second kappa shape index (κ2) is 8.37. The lowest BCUT2D eigenvalue weighted by Crippen LogP contribution is -2.37. The van der Waals surface area contributed by atoms with Gasteiger partial charge in [-0.1, -0.05) is 13.8 Å². The molecule has 2 nitrogen and oxygen atoms in total. The molecule has 1 aliphatic rings. The molecule has 1 N–H and O–H groups in total. The minimum Gasteiger partial charge on any atom is -0.377 e. The number of thioether (sulfide) groups is 1. The number of hydrogen-bond acceptors (Lipinski definition) is 3. The van der Waals surface area contributed by atoms with Gasteiger partial charge in [-0.2, -0.15) is 11.8 Å². The summed E-state index contributed by atoms with van der Waals surface area (Å²) in [5, 5.41) is 3.58. The van der Waals surface area contributed by atoms with Crippen LogP contribution in [-0.2, 0) is 4.74 Å². The van der Waals surface area contributed by atoms with Gasteiger partial charge in [0, 0.05) is 24.9 Å². The van der Waals surface area contributed by atoms with Gasteiger partial charge in [-0.15, -0.1) is 0 Å². The van der Waals surface area contributed by atoms with E-state index in [1.54, 1.807) is 0 Å². The molecule has 1 fully saturated rings. The van der Waals surface area contributed by atoms with E-state index in [-0.39, 0.29) is 0 Å². The van der Waals surface area contributed by atoms with E-state index in [1.807, 2.05) is 0 Å². The quantitative estimate of drug-likeness (QED) is 0.745. The van der Waals surface area contributed by atoms with Gasteiger partial charge in [0.2, 0.25) is 0 Å². The summed E-state index contributed by atoms with van der Waals surface area (Å²) in [5.41, 5.74) is 0. The van der Waals surface area contributed by atoms with E-state index < -0.39 is 0 Å². The molecule has 0 aromatic heterocycles. The van der Waals surface area contributed by atoms with Crippen molar-refractivity contribution in [1.29, 1.82) is 0 Å². The fraction of sp³-hybridized carbons (Fsp3) is 1.00. The number of ether oxygens (including phenoxy) is 1. The molecule has 0 aromatic rings. The Morgan fingerprint density at radius 2 is 2.06 bits per heavy atom. The predicted molar refractivity (Wildman–Crippen MR) is 73.2 cm³/mol. The first-order chi connectivity index (χ1) is 7.68. The Bertz CT molecular complexity index is 169. The van der Waals surface area contributed by atoms with E-state index >= 15 is 0 Å². The van der Waals surface area contributed by atoms with E-state index in [9.17, 15) is 0 Å². The Kier molecular flexibility index (Phi) is 7.50. The summed E-state index contributed by atoms with van der Waals surface area (Å²) in [6, 6.07) is 0.606. The van der Waals surface area contributed by atoms with Crippen LogP contribution in [0.3, 0.4) is 0 Å². The van der Waals surface area contributed by atoms with Crippen LogP contribution < -0.4 is 5.32 Å². The minimum atomic E-state index is 0.464. The third-order valence-electron chi connectivity index (χ3n) is 2.79. The molecule has 1 rings (SSSR count). The Hall–Kier alpha value is 0.270. The highest BCUT2D eigenvalue weighted by Gasteiger charge is 2.14. The minimum absolute atomic E-state index is 0.464. The number of rotatable bonds is 7. The monoisotopic (exact) mass is 245 g/mol. The summed E-state index contributed by atoms with van der Waals surface area (Å²) in [6.45, 7) is 8.82. The zero-order chi connectivity index (χ0) is 11.8. The van der Waals surface area contributed by atoms with Crippen LogP contribution in [0.25, 0.3) is 0 Å². The van der Waals surface area contributed by atoms with Crippen molar-refractivity contribution in [2.75, 3.05) is 24.7 Å². The molecule has 96 valence electrons. The van der Waals surface area contributed by atoms with Crippen LogP contribution in [0.1, 0.15) is 40.0 Å². The first kappa shape index (κ1) is 14.3. The molecule has 2 unspecified atom stereocenters. The standard InChI is InChI=1S/C13H27NOS/c1-11(2)9-16-10-12(3)14-8-13-6-4-5-7-15-13/h11-14H,4-10H2,1-3H3. The maximum Gasteiger partial charge on any atom is 0.0699 e. The zero-order valence-corrected chi connectivity index (χ0v) is 11.8. The summed E-state index contributed by atoms with van der Waals surface area (Å²) in [7, 11) is 0. The Morgan fingerprint density at radius 1 is 1.25 bits per heavy atom. The fourth-order valence-corrected chi connectivity index (χ4v) is 2.92. The highest BCUT2D eigenvalue weighted by atomic mass is 32.2. The van der Waals surface area contributed by atoms with Crippen molar-refractivity contribution < 1.29 is 4.74 Å². The Balaban J connectivity index is 1.98. The van der Waals surface area contributed by atoms with Crippen molar-refractivity contribution in [2.24, 2.45) is 5.92 Å². The average molecular weight is 245 g/mol. The summed E-state index contributed by atoms with van der Waals surface area (Å²) in [6.07, 6.45) is 4.28. The molecule has 3 heteroatoms. The van der Waals surface area contributed by atoms with Gasteiger partial charge in [-0.05, 0) is 37.9 Å². The number of nitrogens with one attached hydrogen (secondary N) is 1. The van der Waals surface area contributed by atoms with Crippen LogP contribution >= 0.6 is 11.8 Å². The summed E-state index contributed by atoms with van der Waals surface area (Å²) >= 11 is 2.05. The SMILES string of the molecule is CC(C)CSCC(C)NCC1CCCCO1. The first-order valence-corrected chi connectivity index (χ1v) is 7.76. The van der Waals surface area contributed by atoms with Crippen molar-refractivity contribution in [3.05, 3.63) is 0 Å². The van der Waals surface area contributed by atoms with Gasteiger partial charge < -0.3 is 10.1 Å². The highest BCUT2D eigenvalue weighted by molar-refractivity contribution is 7.99. The van der Waals surface area contributed by atoms with Crippen LogP contribution in [0.15, 0.2) is 0 Å². The third-order valence-corrected chi connectivity index (χ3v) is 4.43. The van der Waals surface area contributed by atoms with Gasteiger partial charge in [0.25, 0.3) is 0 Å². The van der Waals surface area contributed by atoms with Gasteiger partial charge in [-0.25, -0.2) is 0 Å². The largest absolute Gasteiger partial charge is 0.377 e. The fourth-order valence-electron chi connectivity index (χ4n) is 1.84. The van der Waals surface area contributed by atoms with E-state index in [2.05, 4.69) is 37.8 Å². The molecule has 1 heterocycles. The summed E-state index contributed by atoms with van der Waals surface area (Å²) in [5.74, 6) is 3.29. The van der Waals surface area contributed by atoms with Crippen molar-refractivity contribution in [1.82, 2.24) is 5.32 Å². The molecule has 1 aliphatic heterocycles. The van der Waals surface area contributed by atoms with Gasteiger partial charge in [-0.3, -0.25) is 0 Å². The van der Waals surface area contributed by atoms with Crippen molar-refractivity contribution in [2.45, 2.75) is 52.2 Å². The highest BCUT2D eigenvalue weighted by Crippen LogP contribution is 2.12. The maximum atomic E-state index is 5.70. The van der Waals surface area contributed by atoms with E-state index in [4.69, 9.17) is 4.74 Å². The van der Waals surface area contributed by atoms with Crippen molar-refractivity contribution in [3.8, 4) is 0 Å². The van der Waals surface area contributed by atoms with E-state index in [0.717, 1.165) is 19.1 Å². The molecule has 1 saturated heterocycles. The smallest absolute Gasteiger partial charge is 0.0699 e. The van der Waals surface area contributed by atoms with Crippen molar-refractivity contribution in [3.63, 3.8) is 0 Å². The van der Waals surface area contributed by atoms with Gasteiger partial charge in [0.05, 0.1) is 6.10 Å². The molecular formula is C13H27NOS. The second-order valence-electron chi connectivity index (χ2n) is 5.23. The molecule has 0 amide bonds.